The van der Waals surface area contributed by atoms with Crippen molar-refractivity contribution < 1.29 is 9.53 Å². The molecule has 1 N–H and O–H groups in total. The maximum atomic E-state index is 11.3. The fraction of sp³-hybridized carbons (Fsp3) is 0.900. The second-order valence-electron chi connectivity index (χ2n) is 4.87. The van der Waals surface area contributed by atoms with Crippen molar-refractivity contribution in [1.82, 2.24) is 5.32 Å². The highest BCUT2D eigenvalue weighted by molar-refractivity contribution is 5.76. The van der Waals surface area contributed by atoms with Gasteiger partial charge < -0.3 is 10.1 Å². The summed E-state index contributed by atoms with van der Waals surface area (Å²) in [6, 6.07) is -0.0389. The Kier molecular flexibility index (Phi) is 1.88. The molecule has 3 nitrogen and oxygen atoms in total. The van der Waals surface area contributed by atoms with Crippen LogP contribution in [0.1, 0.15) is 20.3 Å². The van der Waals surface area contributed by atoms with E-state index in [2.05, 4.69) is 19.2 Å². The summed E-state index contributed by atoms with van der Waals surface area (Å²) in [5.41, 5.74) is 0.417. The minimum atomic E-state index is -0.0944. The molecule has 2 rings (SSSR count). The van der Waals surface area contributed by atoms with Crippen LogP contribution in [0.4, 0.5) is 0 Å². The van der Waals surface area contributed by atoms with Crippen LogP contribution in [0.25, 0.3) is 0 Å². The summed E-state index contributed by atoms with van der Waals surface area (Å²) in [6.07, 6.45) is 1.14. The molecule has 1 aliphatic heterocycles. The molecule has 1 heterocycles. The Bertz CT molecular complexity index is 237. The number of hydrogen-bond donors (Lipinski definition) is 1. The third kappa shape index (κ3) is 1.17. The van der Waals surface area contributed by atoms with Gasteiger partial charge in [-0.1, -0.05) is 13.8 Å². The third-order valence-corrected chi connectivity index (χ3v) is 3.72. The van der Waals surface area contributed by atoms with Gasteiger partial charge in [0.05, 0.1) is 7.11 Å². The van der Waals surface area contributed by atoms with Crippen LogP contribution in [-0.2, 0) is 9.53 Å². The molecular weight excluding hydrogens is 166 g/mol. The molecule has 3 heteroatoms. The summed E-state index contributed by atoms with van der Waals surface area (Å²) in [5.74, 6) is 1.09. The molecule has 2 aliphatic rings. The molecule has 3 atom stereocenters. The third-order valence-electron chi connectivity index (χ3n) is 3.72. The molecule has 1 saturated carbocycles. The first-order chi connectivity index (χ1) is 6.06. The van der Waals surface area contributed by atoms with Crippen LogP contribution in [0.2, 0.25) is 0 Å². The quantitative estimate of drug-likeness (QED) is 0.611. The van der Waals surface area contributed by atoms with E-state index in [0.29, 0.717) is 17.3 Å². The van der Waals surface area contributed by atoms with Crippen molar-refractivity contribution in [3.05, 3.63) is 0 Å². The van der Waals surface area contributed by atoms with E-state index in [-0.39, 0.29) is 12.0 Å². The zero-order valence-electron chi connectivity index (χ0n) is 8.46. The lowest BCUT2D eigenvalue weighted by atomic mass is 9.55. The van der Waals surface area contributed by atoms with Gasteiger partial charge in [0.25, 0.3) is 0 Å². The van der Waals surface area contributed by atoms with Crippen LogP contribution in [0.15, 0.2) is 0 Å². The van der Waals surface area contributed by atoms with Crippen molar-refractivity contribution in [3.8, 4) is 0 Å². The van der Waals surface area contributed by atoms with Gasteiger partial charge in [-0.15, -0.1) is 0 Å². The highest BCUT2D eigenvalue weighted by Crippen LogP contribution is 2.54. The van der Waals surface area contributed by atoms with E-state index >= 15 is 0 Å². The number of ether oxygens (including phenoxy) is 1. The lowest BCUT2D eigenvalue weighted by Crippen LogP contribution is -2.47. The smallest absolute Gasteiger partial charge is 0.323 e. The molecule has 0 aromatic rings. The standard InChI is InChI=1S/C10H17NO2/c1-10(2)4-6-7(10)5-11-8(6)9(12)13-3/h6-8,11H,4-5H2,1-3H3/t6-,7-,8-/m0/s1. The van der Waals surface area contributed by atoms with Gasteiger partial charge >= 0.3 is 5.97 Å². The molecule has 1 saturated heterocycles. The Labute approximate surface area is 78.8 Å². The Morgan fingerprint density at radius 3 is 2.69 bits per heavy atom. The Balaban J connectivity index is 2.04. The van der Waals surface area contributed by atoms with Crippen LogP contribution in [0, 0.1) is 17.3 Å². The van der Waals surface area contributed by atoms with E-state index in [4.69, 9.17) is 4.74 Å². The molecule has 0 amide bonds. The minimum Gasteiger partial charge on any atom is -0.468 e. The molecule has 0 radical (unpaired) electrons. The number of hydrogen-bond acceptors (Lipinski definition) is 3. The summed E-state index contributed by atoms with van der Waals surface area (Å²) < 4.78 is 4.75. The summed E-state index contributed by atoms with van der Waals surface area (Å²) in [7, 11) is 1.46. The van der Waals surface area contributed by atoms with E-state index < -0.39 is 0 Å². The van der Waals surface area contributed by atoms with Crippen LogP contribution in [-0.4, -0.2) is 25.7 Å². The SMILES string of the molecule is COC(=O)[C@H]1NC[C@H]2[C@@H]1CC2(C)C. The first-order valence-corrected chi connectivity index (χ1v) is 4.87. The molecular formula is C10H17NO2. The van der Waals surface area contributed by atoms with Gasteiger partial charge in [-0.3, -0.25) is 4.79 Å². The molecule has 0 aromatic carbocycles. The Hall–Kier alpha value is -0.570. The lowest BCUT2D eigenvalue weighted by Gasteiger charge is -2.48. The number of nitrogens with one attached hydrogen (secondary N) is 1. The minimum absolute atomic E-state index is 0.0389. The second kappa shape index (κ2) is 2.71. The monoisotopic (exact) mass is 183 g/mol. The van der Waals surface area contributed by atoms with E-state index in [1.165, 1.54) is 7.11 Å². The normalized spacial score (nSPS) is 40.7. The highest BCUT2D eigenvalue weighted by Gasteiger charge is 2.55. The molecule has 74 valence electrons. The maximum Gasteiger partial charge on any atom is 0.323 e. The average molecular weight is 183 g/mol. The molecule has 0 bridgehead atoms. The molecule has 13 heavy (non-hydrogen) atoms. The molecule has 0 unspecified atom stereocenters. The number of methoxy groups -OCH3 is 1. The van der Waals surface area contributed by atoms with Crippen LogP contribution >= 0.6 is 0 Å². The van der Waals surface area contributed by atoms with Crippen LogP contribution in [0.5, 0.6) is 0 Å². The Morgan fingerprint density at radius 1 is 1.54 bits per heavy atom. The van der Waals surface area contributed by atoms with Gasteiger partial charge in [0.2, 0.25) is 0 Å². The van der Waals surface area contributed by atoms with Gasteiger partial charge in [0, 0.05) is 0 Å². The van der Waals surface area contributed by atoms with E-state index in [0.717, 1.165) is 13.0 Å². The number of esters is 1. The fourth-order valence-corrected chi connectivity index (χ4v) is 2.89. The van der Waals surface area contributed by atoms with Crippen molar-refractivity contribution >= 4 is 5.97 Å². The number of carbonyl (C=O) groups excluding carboxylic acids is 1. The largest absolute Gasteiger partial charge is 0.468 e. The van der Waals surface area contributed by atoms with E-state index in [1.807, 2.05) is 0 Å². The van der Waals surface area contributed by atoms with Crippen molar-refractivity contribution in [2.75, 3.05) is 13.7 Å². The molecule has 2 fully saturated rings. The summed E-state index contributed by atoms with van der Waals surface area (Å²) in [6.45, 7) is 5.52. The molecule has 0 spiro atoms. The van der Waals surface area contributed by atoms with E-state index in [9.17, 15) is 4.79 Å². The van der Waals surface area contributed by atoms with Crippen molar-refractivity contribution in [2.24, 2.45) is 17.3 Å². The van der Waals surface area contributed by atoms with Gasteiger partial charge in [-0.25, -0.2) is 0 Å². The number of carbonyl (C=O) groups is 1. The van der Waals surface area contributed by atoms with Crippen LogP contribution < -0.4 is 5.32 Å². The van der Waals surface area contributed by atoms with Crippen LogP contribution in [0.3, 0.4) is 0 Å². The summed E-state index contributed by atoms with van der Waals surface area (Å²) >= 11 is 0. The average Bonchev–Trinajstić information content (AvgIpc) is 2.43. The zero-order valence-corrected chi connectivity index (χ0v) is 8.46. The second-order valence-corrected chi connectivity index (χ2v) is 4.87. The fourth-order valence-electron chi connectivity index (χ4n) is 2.89. The van der Waals surface area contributed by atoms with Gasteiger partial charge in [-0.2, -0.15) is 0 Å². The molecule has 1 aliphatic carbocycles. The van der Waals surface area contributed by atoms with Crippen molar-refractivity contribution in [3.63, 3.8) is 0 Å². The molecule has 0 aromatic heterocycles. The topological polar surface area (TPSA) is 38.3 Å². The maximum absolute atomic E-state index is 11.3. The lowest BCUT2D eigenvalue weighted by molar-refractivity contribution is -0.146. The van der Waals surface area contributed by atoms with Gasteiger partial charge in [0.15, 0.2) is 0 Å². The highest BCUT2D eigenvalue weighted by atomic mass is 16.5. The van der Waals surface area contributed by atoms with Gasteiger partial charge in [0.1, 0.15) is 6.04 Å². The predicted octanol–water partition coefficient (Wildman–Crippen LogP) is 0.793. The zero-order chi connectivity index (χ0) is 9.64. The summed E-state index contributed by atoms with van der Waals surface area (Å²) in [5, 5.41) is 3.25. The van der Waals surface area contributed by atoms with Crippen molar-refractivity contribution in [2.45, 2.75) is 26.3 Å². The summed E-state index contributed by atoms with van der Waals surface area (Å²) in [4.78, 5) is 11.3. The predicted molar refractivity (Wildman–Crippen MR) is 49.2 cm³/mol. The van der Waals surface area contributed by atoms with E-state index in [1.54, 1.807) is 0 Å². The number of fused-ring (bicyclic) bond motifs is 1. The van der Waals surface area contributed by atoms with Gasteiger partial charge in [-0.05, 0) is 30.2 Å². The first-order valence-electron chi connectivity index (χ1n) is 4.87. The number of rotatable bonds is 1. The van der Waals surface area contributed by atoms with Crippen molar-refractivity contribution in [1.29, 1.82) is 0 Å². The Morgan fingerprint density at radius 2 is 2.23 bits per heavy atom. The first kappa shape index (κ1) is 9.00.